The van der Waals surface area contributed by atoms with Crippen LogP contribution in [0, 0.1) is 0 Å². The fourth-order valence-corrected chi connectivity index (χ4v) is 4.74. The van der Waals surface area contributed by atoms with Crippen LogP contribution in [-0.2, 0) is 6.54 Å². The molecule has 0 atom stereocenters. The molecule has 3 N–H and O–H groups in total. The number of hydrogen-bond donors (Lipinski definition) is 3. The lowest BCUT2D eigenvalue weighted by molar-refractivity contribution is 0.188. The maximum absolute atomic E-state index is 9.23. The highest BCUT2D eigenvalue weighted by molar-refractivity contribution is 5.50. The van der Waals surface area contributed by atoms with E-state index >= 15 is 0 Å². The van der Waals surface area contributed by atoms with E-state index in [1.807, 2.05) is 30.5 Å². The number of para-hydroxylation sites is 1. The standard InChI is InChI=1S/C26H34N8O/c35-17-16-33-12-14-34(15-13-33)26-31-24(21-6-4-5-7-21)30-25(32-26)29-23-11-10-20(19-28-23)18-27-22-8-2-1-3-9-22/h1-3,8-11,19,21,27,35H,4-7,12-18H2,(H,28,29,30,31,32). The average molecular weight is 475 g/mol. The molecule has 9 heteroatoms. The molecule has 1 aromatic carbocycles. The third kappa shape index (κ3) is 6.23. The second-order valence-electron chi connectivity index (χ2n) is 9.25. The molecular formula is C26H34N8O. The molecule has 1 saturated carbocycles. The fourth-order valence-electron chi connectivity index (χ4n) is 4.74. The molecule has 3 heterocycles. The van der Waals surface area contributed by atoms with Crippen LogP contribution >= 0.6 is 0 Å². The molecule has 0 amide bonds. The summed E-state index contributed by atoms with van der Waals surface area (Å²) in [6.07, 6.45) is 6.60. The molecular weight excluding hydrogens is 440 g/mol. The Morgan fingerprint density at radius 1 is 0.914 bits per heavy atom. The number of piperazine rings is 1. The van der Waals surface area contributed by atoms with Gasteiger partial charge in [0.2, 0.25) is 11.9 Å². The Kier molecular flexibility index (Phi) is 7.65. The zero-order valence-corrected chi connectivity index (χ0v) is 20.1. The predicted octanol–water partition coefficient (Wildman–Crippen LogP) is 3.39. The quantitative estimate of drug-likeness (QED) is 0.431. The largest absolute Gasteiger partial charge is 0.395 e. The number of rotatable bonds is 9. The summed E-state index contributed by atoms with van der Waals surface area (Å²) in [6.45, 7) is 5.10. The van der Waals surface area contributed by atoms with Gasteiger partial charge in [0.1, 0.15) is 11.6 Å². The van der Waals surface area contributed by atoms with Crippen LogP contribution in [0.25, 0.3) is 0 Å². The van der Waals surface area contributed by atoms with Crippen molar-refractivity contribution in [1.29, 1.82) is 0 Å². The number of nitrogens with zero attached hydrogens (tertiary/aromatic N) is 6. The molecule has 1 aliphatic heterocycles. The molecule has 0 bridgehead atoms. The zero-order valence-electron chi connectivity index (χ0n) is 20.1. The van der Waals surface area contributed by atoms with Gasteiger partial charge in [-0.25, -0.2) is 4.98 Å². The molecule has 1 aliphatic carbocycles. The minimum Gasteiger partial charge on any atom is -0.395 e. The number of β-amino-alcohol motifs (C(OH)–C–C–N with tert-alkyl or cyclic N) is 1. The lowest BCUT2D eigenvalue weighted by Crippen LogP contribution is -2.47. The summed E-state index contributed by atoms with van der Waals surface area (Å²) in [5.74, 6) is 3.29. The van der Waals surface area contributed by atoms with E-state index < -0.39 is 0 Å². The Balaban J connectivity index is 1.28. The van der Waals surface area contributed by atoms with E-state index in [1.165, 1.54) is 12.8 Å². The Morgan fingerprint density at radius 3 is 2.43 bits per heavy atom. The molecule has 1 saturated heterocycles. The zero-order chi connectivity index (χ0) is 23.9. The Hall–Kier alpha value is -3.30. The number of hydrogen-bond acceptors (Lipinski definition) is 9. The van der Waals surface area contributed by atoms with E-state index in [2.05, 4.69) is 43.6 Å². The van der Waals surface area contributed by atoms with Crippen LogP contribution in [0.4, 0.5) is 23.4 Å². The highest BCUT2D eigenvalue weighted by atomic mass is 16.3. The van der Waals surface area contributed by atoms with Gasteiger partial charge in [0.05, 0.1) is 6.61 Å². The summed E-state index contributed by atoms with van der Waals surface area (Å²) in [5, 5.41) is 15.9. The number of anilines is 4. The predicted molar refractivity (Wildman–Crippen MR) is 138 cm³/mol. The van der Waals surface area contributed by atoms with Crippen molar-refractivity contribution in [1.82, 2.24) is 24.8 Å². The number of pyridine rings is 1. The van der Waals surface area contributed by atoms with Crippen LogP contribution < -0.4 is 15.5 Å². The Bertz CT molecular complexity index is 1060. The van der Waals surface area contributed by atoms with E-state index in [0.29, 0.717) is 25.0 Å². The van der Waals surface area contributed by atoms with Crippen molar-refractivity contribution in [2.24, 2.45) is 0 Å². The highest BCUT2D eigenvalue weighted by Crippen LogP contribution is 2.33. The van der Waals surface area contributed by atoms with E-state index in [1.54, 1.807) is 0 Å². The van der Waals surface area contributed by atoms with E-state index in [-0.39, 0.29) is 6.61 Å². The Morgan fingerprint density at radius 2 is 1.71 bits per heavy atom. The van der Waals surface area contributed by atoms with Crippen molar-refractivity contribution in [2.45, 2.75) is 38.1 Å². The third-order valence-electron chi connectivity index (χ3n) is 6.77. The summed E-state index contributed by atoms with van der Waals surface area (Å²) in [4.78, 5) is 23.5. The summed E-state index contributed by atoms with van der Waals surface area (Å²) >= 11 is 0. The summed E-state index contributed by atoms with van der Waals surface area (Å²) in [5.41, 5.74) is 2.19. The lowest BCUT2D eigenvalue weighted by Gasteiger charge is -2.34. The monoisotopic (exact) mass is 474 g/mol. The van der Waals surface area contributed by atoms with Crippen LogP contribution in [0.3, 0.4) is 0 Å². The molecule has 2 aliphatic rings. The minimum absolute atomic E-state index is 0.194. The molecule has 3 aromatic rings. The highest BCUT2D eigenvalue weighted by Gasteiger charge is 2.25. The number of aliphatic hydroxyl groups is 1. The Labute approximate surface area is 206 Å². The van der Waals surface area contributed by atoms with Crippen molar-refractivity contribution in [3.8, 4) is 0 Å². The molecule has 2 aromatic heterocycles. The molecule has 0 radical (unpaired) electrons. The minimum atomic E-state index is 0.194. The number of aromatic nitrogens is 4. The smallest absolute Gasteiger partial charge is 0.233 e. The summed E-state index contributed by atoms with van der Waals surface area (Å²) in [6, 6.07) is 14.2. The van der Waals surface area contributed by atoms with E-state index in [0.717, 1.165) is 67.9 Å². The second kappa shape index (κ2) is 11.4. The fraction of sp³-hybridized carbons (Fsp3) is 0.462. The molecule has 0 unspecified atom stereocenters. The van der Waals surface area contributed by atoms with Gasteiger partial charge in [-0.3, -0.25) is 4.90 Å². The molecule has 2 fully saturated rings. The van der Waals surface area contributed by atoms with Crippen molar-refractivity contribution in [3.05, 3.63) is 60.0 Å². The van der Waals surface area contributed by atoms with Crippen LogP contribution in [0.5, 0.6) is 0 Å². The van der Waals surface area contributed by atoms with E-state index in [4.69, 9.17) is 15.0 Å². The average Bonchev–Trinajstić information content (AvgIpc) is 3.45. The summed E-state index contributed by atoms with van der Waals surface area (Å²) < 4.78 is 0. The van der Waals surface area contributed by atoms with Gasteiger partial charge >= 0.3 is 0 Å². The van der Waals surface area contributed by atoms with Gasteiger partial charge in [-0.15, -0.1) is 0 Å². The first-order valence-corrected chi connectivity index (χ1v) is 12.6. The van der Waals surface area contributed by atoms with Gasteiger partial charge in [-0.1, -0.05) is 37.1 Å². The maximum Gasteiger partial charge on any atom is 0.233 e. The van der Waals surface area contributed by atoms with Crippen molar-refractivity contribution in [2.75, 3.05) is 54.9 Å². The van der Waals surface area contributed by atoms with E-state index in [9.17, 15) is 5.11 Å². The van der Waals surface area contributed by atoms with Crippen LogP contribution in [0.1, 0.15) is 43.0 Å². The van der Waals surface area contributed by atoms with Gasteiger partial charge < -0.3 is 20.6 Å². The molecule has 0 spiro atoms. The van der Waals surface area contributed by atoms with Crippen LogP contribution in [0.2, 0.25) is 0 Å². The first kappa shape index (κ1) is 23.4. The molecule has 5 rings (SSSR count). The van der Waals surface area contributed by atoms with Gasteiger partial charge in [-0.05, 0) is 36.6 Å². The SMILES string of the molecule is OCCN1CCN(c2nc(Nc3ccc(CNc4ccccc4)cn3)nc(C3CCCC3)n2)CC1. The third-order valence-corrected chi connectivity index (χ3v) is 6.77. The summed E-state index contributed by atoms with van der Waals surface area (Å²) in [7, 11) is 0. The van der Waals surface area contributed by atoms with Gasteiger partial charge in [0.25, 0.3) is 0 Å². The topological polar surface area (TPSA) is 102 Å². The van der Waals surface area contributed by atoms with Gasteiger partial charge in [0.15, 0.2) is 0 Å². The van der Waals surface area contributed by atoms with Crippen LogP contribution in [-0.4, -0.2) is 69.3 Å². The van der Waals surface area contributed by atoms with Gasteiger partial charge in [0, 0.05) is 57.1 Å². The first-order chi connectivity index (χ1) is 17.3. The van der Waals surface area contributed by atoms with Crippen molar-refractivity contribution in [3.63, 3.8) is 0 Å². The number of nitrogens with one attached hydrogen (secondary N) is 2. The maximum atomic E-state index is 9.23. The van der Waals surface area contributed by atoms with Gasteiger partial charge in [-0.2, -0.15) is 15.0 Å². The van der Waals surface area contributed by atoms with Crippen molar-refractivity contribution >= 4 is 23.4 Å². The number of aliphatic hydroxyl groups excluding tert-OH is 1. The second-order valence-corrected chi connectivity index (χ2v) is 9.25. The lowest BCUT2D eigenvalue weighted by atomic mass is 10.1. The van der Waals surface area contributed by atoms with Crippen LogP contribution in [0.15, 0.2) is 48.7 Å². The first-order valence-electron chi connectivity index (χ1n) is 12.6. The number of benzene rings is 1. The van der Waals surface area contributed by atoms with Crippen molar-refractivity contribution < 1.29 is 5.11 Å². The normalized spacial score (nSPS) is 17.0. The molecule has 35 heavy (non-hydrogen) atoms. The molecule has 9 nitrogen and oxygen atoms in total. The molecule has 184 valence electrons.